The van der Waals surface area contributed by atoms with Gasteiger partial charge >= 0.3 is 0 Å². The van der Waals surface area contributed by atoms with Crippen molar-refractivity contribution in [2.24, 2.45) is 0 Å². The molecule has 0 saturated carbocycles. The molecule has 4 heteroatoms. The molecule has 3 nitrogen and oxygen atoms in total. The molecule has 0 bridgehead atoms. The molecule has 1 heterocycles. The van der Waals surface area contributed by atoms with E-state index in [9.17, 15) is 0 Å². The molecular formula is C9H13NO2Y. The molecule has 1 aromatic rings. The van der Waals surface area contributed by atoms with Crippen molar-refractivity contribution in [1.29, 1.82) is 0 Å². The Bertz CT molecular complexity index is 271. The van der Waals surface area contributed by atoms with Crippen LogP contribution in [0, 0.1) is 0 Å². The van der Waals surface area contributed by atoms with Crippen LogP contribution in [0.2, 0.25) is 0 Å². The van der Waals surface area contributed by atoms with Crippen molar-refractivity contribution >= 4 is 0 Å². The van der Waals surface area contributed by atoms with E-state index in [2.05, 4.69) is 4.98 Å². The van der Waals surface area contributed by atoms with Crippen molar-refractivity contribution in [2.45, 2.75) is 26.4 Å². The van der Waals surface area contributed by atoms with Gasteiger partial charge in [-0.25, -0.2) is 4.98 Å². The van der Waals surface area contributed by atoms with E-state index in [-0.39, 0.29) is 44.1 Å². The molecule has 0 aliphatic rings. The molecule has 0 aromatic carbocycles. The van der Waals surface area contributed by atoms with Gasteiger partial charge in [0, 0.05) is 45.0 Å². The van der Waals surface area contributed by atoms with Gasteiger partial charge in [0.25, 0.3) is 0 Å². The summed E-state index contributed by atoms with van der Waals surface area (Å²) in [6, 6.07) is 3.00. The molecule has 0 fully saturated rings. The fourth-order valence-corrected chi connectivity index (χ4v) is 0.769. The van der Waals surface area contributed by atoms with Gasteiger partial charge in [-0.2, -0.15) is 0 Å². The van der Waals surface area contributed by atoms with Crippen molar-refractivity contribution < 1.29 is 42.6 Å². The van der Waals surface area contributed by atoms with Crippen LogP contribution in [0.5, 0.6) is 11.6 Å². The van der Waals surface area contributed by atoms with Crippen LogP contribution in [-0.4, -0.2) is 15.7 Å². The molecular weight excluding hydrogens is 243 g/mol. The summed E-state index contributed by atoms with van der Waals surface area (Å²) in [6.07, 6.45) is 1.51. The first-order chi connectivity index (χ1) is 5.47. The van der Waals surface area contributed by atoms with Crippen molar-refractivity contribution in [1.82, 2.24) is 4.98 Å². The summed E-state index contributed by atoms with van der Waals surface area (Å²) >= 11 is 0. The topological polar surface area (TPSA) is 42.4 Å². The summed E-state index contributed by atoms with van der Waals surface area (Å²) in [5.74, 6) is 0.617. The first-order valence-corrected chi connectivity index (χ1v) is 3.81. The number of nitrogens with zero attached hydrogens (tertiary/aromatic N) is 1. The van der Waals surface area contributed by atoms with Gasteiger partial charge in [0.1, 0.15) is 11.4 Å². The zero-order chi connectivity index (χ0) is 9.19. The van der Waals surface area contributed by atoms with E-state index in [4.69, 9.17) is 9.84 Å². The monoisotopic (exact) mass is 256 g/mol. The number of aromatic nitrogens is 1. The average molecular weight is 256 g/mol. The summed E-state index contributed by atoms with van der Waals surface area (Å²) in [5, 5.41) is 9.09. The molecule has 0 aliphatic heterocycles. The second kappa shape index (κ2) is 4.92. The average Bonchev–Trinajstić information content (AvgIpc) is 1.82. The smallest absolute Gasteiger partial charge is 0.217 e. The van der Waals surface area contributed by atoms with Gasteiger partial charge in [-0.3, -0.25) is 0 Å². The predicted octanol–water partition coefficient (Wildman–Crippen LogP) is 1.96. The summed E-state index contributed by atoms with van der Waals surface area (Å²) < 4.78 is 5.41. The van der Waals surface area contributed by atoms with Gasteiger partial charge in [-0.1, -0.05) is 0 Å². The minimum atomic E-state index is -0.277. The Morgan fingerprint density at radius 3 is 2.46 bits per heavy atom. The first kappa shape index (κ1) is 12.9. The van der Waals surface area contributed by atoms with E-state index in [1.807, 2.05) is 20.8 Å². The third kappa shape index (κ3) is 5.22. The van der Waals surface area contributed by atoms with Crippen molar-refractivity contribution in [3.8, 4) is 11.6 Å². The van der Waals surface area contributed by atoms with Gasteiger partial charge in [-0.05, 0) is 26.8 Å². The largest absolute Gasteiger partial charge is 0.508 e. The number of aromatic hydroxyl groups is 1. The number of rotatable bonds is 1. The van der Waals surface area contributed by atoms with Crippen LogP contribution in [0.4, 0.5) is 0 Å². The van der Waals surface area contributed by atoms with E-state index in [1.54, 1.807) is 0 Å². The minimum absolute atomic E-state index is 0. The quantitative estimate of drug-likeness (QED) is 0.835. The Balaban J connectivity index is 0.00000144. The van der Waals surface area contributed by atoms with Gasteiger partial charge in [0.05, 0.1) is 0 Å². The van der Waals surface area contributed by atoms with E-state index in [1.165, 1.54) is 18.3 Å². The van der Waals surface area contributed by atoms with Crippen LogP contribution in [0.15, 0.2) is 18.3 Å². The number of pyridine rings is 1. The maximum atomic E-state index is 9.09. The van der Waals surface area contributed by atoms with Crippen LogP contribution in [0.1, 0.15) is 20.8 Å². The Labute approximate surface area is 103 Å². The van der Waals surface area contributed by atoms with Gasteiger partial charge < -0.3 is 9.84 Å². The fourth-order valence-electron chi connectivity index (χ4n) is 0.769. The Kier molecular flexibility index (Phi) is 4.86. The predicted molar refractivity (Wildman–Crippen MR) is 46.3 cm³/mol. The molecule has 1 N–H and O–H groups in total. The second-order valence-corrected chi connectivity index (χ2v) is 3.57. The van der Waals surface area contributed by atoms with E-state index in [0.29, 0.717) is 5.88 Å². The fraction of sp³-hybridized carbons (Fsp3) is 0.444. The van der Waals surface area contributed by atoms with Crippen LogP contribution < -0.4 is 4.74 Å². The first-order valence-electron chi connectivity index (χ1n) is 3.81. The Morgan fingerprint density at radius 2 is 2.00 bits per heavy atom. The number of ether oxygens (including phenoxy) is 1. The third-order valence-electron chi connectivity index (χ3n) is 1.13. The molecule has 0 spiro atoms. The van der Waals surface area contributed by atoms with Crippen LogP contribution >= 0.6 is 0 Å². The standard InChI is InChI=1S/C9H13NO2.Y/c1-9(2,3)12-8-6-7(11)4-5-10-8;/h4-6H,1-3H3,(H,10,11);. The molecule has 69 valence electrons. The maximum Gasteiger partial charge on any atom is 0.217 e. The molecule has 0 unspecified atom stereocenters. The summed E-state index contributed by atoms with van der Waals surface area (Å²) in [5.41, 5.74) is -0.277. The molecule has 0 saturated heterocycles. The summed E-state index contributed by atoms with van der Waals surface area (Å²) in [7, 11) is 0. The second-order valence-electron chi connectivity index (χ2n) is 3.57. The van der Waals surface area contributed by atoms with Crippen molar-refractivity contribution in [2.75, 3.05) is 0 Å². The normalized spacial score (nSPS) is 10.4. The van der Waals surface area contributed by atoms with Gasteiger partial charge in [0.2, 0.25) is 5.88 Å². The van der Waals surface area contributed by atoms with Gasteiger partial charge in [-0.15, -0.1) is 0 Å². The molecule has 0 atom stereocenters. The van der Waals surface area contributed by atoms with E-state index >= 15 is 0 Å². The zero-order valence-electron chi connectivity index (χ0n) is 8.11. The molecule has 0 aliphatic carbocycles. The van der Waals surface area contributed by atoms with Crippen LogP contribution in [-0.2, 0) is 32.7 Å². The van der Waals surface area contributed by atoms with Crippen LogP contribution in [0.25, 0.3) is 0 Å². The molecule has 13 heavy (non-hydrogen) atoms. The SMILES string of the molecule is CC(C)(C)Oc1cc(O)ccn1.[Y]. The van der Waals surface area contributed by atoms with Gasteiger partial charge in [0.15, 0.2) is 0 Å². The van der Waals surface area contributed by atoms with E-state index < -0.39 is 0 Å². The van der Waals surface area contributed by atoms with Crippen LogP contribution in [0.3, 0.4) is 0 Å². The van der Waals surface area contributed by atoms with Crippen molar-refractivity contribution in [3.05, 3.63) is 18.3 Å². The molecule has 0 amide bonds. The Hall–Kier alpha value is -0.146. The molecule has 1 rings (SSSR count). The molecule has 1 aromatic heterocycles. The number of hydrogen-bond donors (Lipinski definition) is 1. The van der Waals surface area contributed by atoms with E-state index in [0.717, 1.165) is 0 Å². The summed E-state index contributed by atoms with van der Waals surface area (Å²) in [6.45, 7) is 5.79. The minimum Gasteiger partial charge on any atom is -0.508 e. The number of hydrogen-bond acceptors (Lipinski definition) is 3. The third-order valence-corrected chi connectivity index (χ3v) is 1.13. The van der Waals surface area contributed by atoms with Crippen molar-refractivity contribution in [3.63, 3.8) is 0 Å². The Morgan fingerprint density at radius 1 is 1.38 bits per heavy atom. The zero-order valence-corrected chi connectivity index (χ0v) is 11.0. The maximum absolute atomic E-state index is 9.09. The summed E-state index contributed by atoms with van der Waals surface area (Å²) in [4.78, 5) is 3.94. The molecule has 1 radical (unpaired) electrons.